The molecule has 0 radical (unpaired) electrons. The molecule has 0 saturated heterocycles. The van der Waals surface area contributed by atoms with Crippen LogP contribution in [0.25, 0.3) is 11.5 Å². The van der Waals surface area contributed by atoms with Gasteiger partial charge < -0.3 is 14.3 Å². The Labute approximate surface area is 116 Å². The minimum atomic E-state index is -4.42. The van der Waals surface area contributed by atoms with E-state index in [9.17, 15) is 18.0 Å². The van der Waals surface area contributed by atoms with Crippen molar-refractivity contribution in [3.8, 4) is 11.5 Å². The number of hydrogen-bond donors (Lipinski definition) is 1. The van der Waals surface area contributed by atoms with Crippen molar-refractivity contribution in [3.05, 3.63) is 35.7 Å². The van der Waals surface area contributed by atoms with E-state index < -0.39 is 25.4 Å². The Hall–Kier alpha value is -2.42. The summed E-state index contributed by atoms with van der Waals surface area (Å²) in [5.74, 6) is -1.11. The summed E-state index contributed by atoms with van der Waals surface area (Å²) in [7, 11) is 0. The number of rotatable bonds is 5. The van der Waals surface area contributed by atoms with E-state index >= 15 is 0 Å². The largest absolute Gasteiger partial charge is 0.478 e. The standard InChI is InChI=1S/C12H9F3N2O4/c13-12(14,15)6-20-5-9-16-17-10(21-9)7-1-3-8(4-2-7)11(18)19/h1-4H,5-6H2,(H,18,19). The zero-order chi connectivity index (χ0) is 15.5. The van der Waals surface area contributed by atoms with Gasteiger partial charge in [-0.05, 0) is 24.3 Å². The maximum Gasteiger partial charge on any atom is 0.411 e. The molecule has 112 valence electrons. The van der Waals surface area contributed by atoms with Gasteiger partial charge in [0.25, 0.3) is 0 Å². The molecule has 2 aromatic rings. The Bertz CT molecular complexity index is 622. The van der Waals surface area contributed by atoms with Crippen LogP contribution in [0.15, 0.2) is 28.7 Å². The van der Waals surface area contributed by atoms with Gasteiger partial charge in [0.05, 0.1) is 5.56 Å². The quantitative estimate of drug-likeness (QED) is 0.913. The molecule has 2 rings (SSSR count). The second kappa shape index (κ2) is 5.92. The Morgan fingerprint density at radius 2 is 1.90 bits per heavy atom. The monoisotopic (exact) mass is 302 g/mol. The number of ether oxygens (including phenoxy) is 1. The fraction of sp³-hybridized carbons (Fsp3) is 0.250. The van der Waals surface area contributed by atoms with Gasteiger partial charge in [-0.15, -0.1) is 10.2 Å². The Morgan fingerprint density at radius 3 is 2.48 bits per heavy atom. The van der Waals surface area contributed by atoms with Gasteiger partial charge in [-0.1, -0.05) is 0 Å². The maximum absolute atomic E-state index is 11.9. The van der Waals surface area contributed by atoms with Gasteiger partial charge in [0.2, 0.25) is 11.8 Å². The van der Waals surface area contributed by atoms with Crippen molar-refractivity contribution in [2.75, 3.05) is 6.61 Å². The minimum Gasteiger partial charge on any atom is -0.478 e. The number of benzene rings is 1. The minimum absolute atomic E-state index is 0.0672. The third kappa shape index (κ3) is 4.28. The fourth-order valence-electron chi connectivity index (χ4n) is 1.44. The molecule has 9 heteroatoms. The highest BCUT2D eigenvalue weighted by Gasteiger charge is 2.27. The molecule has 0 saturated carbocycles. The lowest BCUT2D eigenvalue weighted by Crippen LogP contribution is -2.16. The molecule has 6 nitrogen and oxygen atoms in total. The summed E-state index contributed by atoms with van der Waals surface area (Å²) in [5.41, 5.74) is 0.543. The number of hydrogen-bond acceptors (Lipinski definition) is 5. The van der Waals surface area contributed by atoms with Gasteiger partial charge in [-0.25, -0.2) is 4.79 Å². The number of carboxylic acids is 1. The van der Waals surface area contributed by atoms with Gasteiger partial charge in [0.1, 0.15) is 13.2 Å². The SMILES string of the molecule is O=C(O)c1ccc(-c2nnc(COCC(F)(F)F)o2)cc1. The highest BCUT2D eigenvalue weighted by atomic mass is 19.4. The van der Waals surface area contributed by atoms with Crippen LogP contribution in [0.3, 0.4) is 0 Å². The van der Waals surface area contributed by atoms with E-state index in [1.807, 2.05) is 0 Å². The number of alkyl halides is 3. The van der Waals surface area contributed by atoms with E-state index in [1.54, 1.807) is 0 Å². The predicted octanol–water partition coefficient (Wildman–Crippen LogP) is 2.51. The van der Waals surface area contributed by atoms with Crippen LogP contribution < -0.4 is 0 Å². The average Bonchev–Trinajstić information content (AvgIpc) is 2.86. The van der Waals surface area contributed by atoms with Crippen LogP contribution in [0.1, 0.15) is 16.2 Å². The van der Waals surface area contributed by atoms with Gasteiger partial charge in [-0.3, -0.25) is 0 Å². The van der Waals surface area contributed by atoms with Crippen LogP contribution in [-0.4, -0.2) is 34.1 Å². The van der Waals surface area contributed by atoms with Crippen molar-refractivity contribution >= 4 is 5.97 Å². The molecule has 0 unspecified atom stereocenters. The smallest absolute Gasteiger partial charge is 0.411 e. The highest BCUT2D eigenvalue weighted by Crippen LogP contribution is 2.20. The van der Waals surface area contributed by atoms with Crippen molar-refractivity contribution in [3.63, 3.8) is 0 Å². The molecule has 0 bridgehead atoms. The van der Waals surface area contributed by atoms with Crippen LogP contribution in [0.4, 0.5) is 13.2 Å². The average molecular weight is 302 g/mol. The van der Waals surface area contributed by atoms with Gasteiger partial charge in [-0.2, -0.15) is 13.2 Å². The third-order valence-electron chi connectivity index (χ3n) is 2.34. The first kappa shape index (κ1) is 15.0. The van der Waals surface area contributed by atoms with Gasteiger partial charge in [0.15, 0.2) is 0 Å². The normalized spacial score (nSPS) is 11.6. The Kier molecular flexibility index (Phi) is 4.22. The van der Waals surface area contributed by atoms with Crippen molar-refractivity contribution in [2.24, 2.45) is 0 Å². The molecule has 1 aromatic carbocycles. The number of carbonyl (C=O) groups is 1. The summed E-state index contributed by atoms with van der Waals surface area (Å²) in [4.78, 5) is 10.7. The van der Waals surface area contributed by atoms with Crippen molar-refractivity contribution in [1.29, 1.82) is 0 Å². The van der Waals surface area contributed by atoms with Gasteiger partial charge in [0, 0.05) is 5.56 Å². The fourth-order valence-corrected chi connectivity index (χ4v) is 1.44. The molecule has 0 aliphatic rings. The van der Waals surface area contributed by atoms with Crippen molar-refractivity contribution in [2.45, 2.75) is 12.8 Å². The van der Waals surface area contributed by atoms with E-state index in [4.69, 9.17) is 9.52 Å². The van der Waals surface area contributed by atoms with E-state index in [-0.39, 0.29) is 17.3 Å². The summed E-state index contributed by atoms with van der Waals surface area (Å²) < 4.78 is 45.2. The summed E-state index contributed by atoms with van der Waals surface area (Å²) in [6.07, 6.45) is -4.42. The Balaban J connectivity index is 2.00. The molecule has 0 aliphatic heterocycles. The second-order valence-corrected chi connectivity index (χ2v) is 3.99. The predicted molar refractivity (Wildman–Crippen MR) is 62.4 cm³/mol. The number of halogens is 3. The molecule has 1 aromatic heterocycles. The molecule has 0 spiro atoms. The summed E-state index contributed by atoms with van der Waals surface area (Å²) in [6, 6.07) is 5.61. The van der Waals surface area contributed by atoms with Crippen molar-refractivity contribution in [1.82, 2.24) is 10.2 Å². The molecule has 0 atom stereocenters. The molecule has 1 heterocycles. The maximum atomic E-state index is 11.9. The molecule has 1 N–H and O–H groups in total. The number of nitrogens with zero attached hydrogens (tertiary/aromatic N) is 2. The first-order valence-electron chi connectivity index (χ1n) is 5.66. The number of aromatic nitrogens is 2. The zero-order valence-corrected chi connectivity index (χ0v) is 10.4. The first-order chi connectivity index (χ1) is 9.85. The molecular formula is C12H9F3N2O4. The van der Waals surface area contributed by atoms with Crippen LogP contribution in [0, 0.1) is 0 Å². The number of carboxylic acid groups (broad SMARTS) is 1. The van der Waals surface area contributed by atoms with Crippen LogP contribution >= 0.6 is 0 Å². The Morgan fingerprint density at radius 1 is 1.24 bits per heavy atom. The highest BCUT2D eigenvalue weighted by molar-refractivity contribution is 5.88. The summed E-state index contributed by atoms with van der Waals surface area (Å²) in [6.45, 7) is -1.86. The lowest BCUT2D eigenvalue weighted by Gasteiger charge is -2.04. The molecule has 0 fully saturated rings. The van der Waals surface area contributed by atoms with Crippen LogP contribution in [0.5, 0.6) is 0 Å². The third-order valence-corrected chi connectivity index (χ3v) is 2.34. The lowest BCUT2D eigenvalue weighted by molar-refractivity contribution is -0.177. The molecule has 0 amide bonds. The van der Waals surface area contributed by atoms with Crippen LogP contribution in [0.2, 0.25) is 0 Å². The first-order valence-corrected chi connectivity index (χ1v) is 5.66. The van der Waals surface area contributed by atoms with E-state index in [1.165, 1.54) is 24.3 Å². The summed E-state index contributed by atoms with van der Waals surface area (Å²) in [5, 5.41) is 15.9. The lowest BCUT2D eigenvalue weighted by atomic mass is 10.1. The van der Waals surface area contributed by atoms with Crippen LogP contribution in [-0.2, 0) is 11.3 Å². The van der Waals surface area contributed by atoms with E-state index in [2.05, 4.69) is 14.9 Å². The van der Waals surface area contributed by atoms with Crippen molar-refractivity contribution < 1.29 is 32.2 Å². The number of aromatic carboxylic acids is 1. The molecule has 0 aliphatic carbocycles. The molecular weight excluding hydrogens is 293 g/mol. The van der Waals surface area contributed by atoms with Gasteiger partial charge >= 0.3 is 12.1 Å². The zero-order valence-electron chi connectivity index (χ0n) is 10.4. The summed E-state index contributed by atoms with van der Waals surface area (Å²) >= 11 is 0. The topological polar surface area (TPSA) is 85.5 Å². The second-order valence-electron chi connectivity index (χ2n) is 3.99. The van der Waals surface area contributed by atoms with E-state index in [0.717, 1.165) is 0 Å². The molecule has 21 heavy (non-hydrogen) atoms. The van der Waals surface area contributed by atoms with E-state index in [0.29, 0.717) is 5.56 Å².